The summed E-state index contributed by atoms with van der Waals surface area (Å²) < 4.78 is 38.3. The Hall–Kier alpha value is -1.39. The average Bonchev–Trinajstić information content (AvgIpc) is 2.36. The monoisotopic (exact) mass is 333 g/mol. The lowest BCUT2D eigenvalue weighted by atomic mass is 10.0. The predicted octanol–water partition coefficient (Wildman–Crippen LogP) is 6.10. The van der Waals surface area contributed by atoms with Gasteiger partial charge < -0.3 is 5.32 Å². The van der Waals surface area contributed by atoms with Crippen LogP contribution in [-0.2, 0) is 0 Å². The van der Waals surface area contributed by atoms with Crippen LogP contribution in [0.3, 0.4) is 0 Å². The van der Waals surface area contributed by atoms with Gasteiger partial charge in [0.25, 0.3) is 0 Å². The first-order valence-corrected chi connectivity index (χ1v) is 6.93. The molecule has 1 unspecified atom stereocenters. The van der Waals surface area contributed by atoms with Crippen LogP contribution in [-0.4, -0.2) is 6.18 Å². The van der Waals surface area contributed by atoms with Gasteiger partial charge in [-0.2, -0.15) is 13.2 Å². The standard InChI is InChI=1S/C15H12Cl2F3N/c16-11-6-12(17)8-13(7-11)21-14(9-15(18,19)20)10-4-2-1-3-5-10/h1-8,14,21H,9H2. The van der Waals surface area contributed by atoms with E-state index in [9.17, 15) is 13.2 Å². The predicted molar refractivity (Wildman–Crippen MR) is 79.9 cm³/mol. The van der Waals surface area contributed by atoms with Crippen LogP contribution in [0.1, 0.15) is 18.0 Å². The number of rotatable bonds is 4. The Bertz CT molecular complexity index is 579. The average molecular weight is 334 g/mol. The Morgan fingerprint density at radius 3 is 2.05 bits per heavy atom. The fourth-order valence-corrected chi connectivity index (χ4v) is 2.53. The third kappa shape index (κ3) is 5.14. The molecular formula is C15H12Cl2F3N. The van der Waals surface area contributed by atoms with Gasteiger partial charge in [0.2, 0.25) is 0 Å². The van der Waals surface area contributed by atoms with Crippen molar-refractivity contribution >= 4 is 28.9 Å². The molecule has 1 atom stereocenters. The van der Waals surface area contributed by atoms with E-state index in [-0.39, 0.29) is 0 Å². The smallest absolute Gasteiger partial charge is 0.378 e. The molecule has 2 rings (SSSR count). The molecule has 1 N–H and O–H groups in total. The normalized spacial score (nSPS) is 13.0. The maximum Gasteiger partial charge on any atom is 0.391 e. The van der Waals surface area contributed by atoms with Crippen molar-refractivity contribution in [1.82, 2.24) is 0 Å². The van der Waals surface area contributed by atoms with Crippen LogP contribution >= 0.6 is 23.2 Å². The molecule has 0 fully saturated rings. The largest absolute Gasteiger partial charge is 0.391 e. The van der Waals surface area contributed by atoms with Gasteiger partial charge in [0.15, 0.2) is 0 Å². The molecule has 0 amide bonds. The molecule has 0 heterocycles. The lowest BCUT2D eigenvalue weighted by Crippen LogP contribution is -2.20. The van der Waals surface area contributed by atoms with Crippen molar-refractivity contribution in [2.24, 2.45) is 0 Å². The second-order valence-corrected chi connectivity index (χ2v) is 5.46. The van der Waals surface area contributed by atoms with E-state index in [4.69, 9.17) is 23.2 Å². The maximum absolute atomic E-state index is 12.8. The minimum atomic E-state index is -4.28. The van der Waals surface area contributed by atoms with E-state index in [2.05, 4.69) is 5.32 Å². The summed E-state index contributed by atoms with van der Waals surface area (Å²) in [4.78, 5) is 0. The first kappa shape index (κ1) is 16.0. The summed E-state index contributed by atoms with van der Waals surface area (Å²) >= 11 is 11.7. The van der Waals surface area contributed by atoms with Gasteiger partial charge in [-0.15, -0.1) is 0 Å². The summed E-state index contributed by atoms with van der Waals surface area (Å²) in [6, 6.07) is 12.2. The molecule has 1 nitrogen and oxygen atoms in total. The first-order chi connectivity index (χ1) is 9.83. The van der Waals surface area contributed by atoms with Crippen LogP contribution < -0.4 is 5.32 Å². The van der Waals surface area contributed by atoms with Gasteiger partial charge >= 0.3 is 6.18 Å². The molecular weight excluding hydrogens is 322 g/mol. The third-order valence-electron chi connectivity index (χ3n) is 2.84. The molecule has 6 heteroatoms. The zero-order valence-electron chi connectivity index (χ0n) is 10.8. The van der Waals surface area contributed by atoms with E-state index in [1.165, 1.54) is 6.07 Å². The number of halogens is 5. The molecule has 112 valence electrons. The van der Waals surface area contributed by atoms with Crippen molar-refractivity contribution in [3.63, 3.8) is 0 Å². The fourth-order valence-electron chi connectivity index (χ4n) is 2.01. The third-order valence-corrected chi connectivity index (χ3v) is 3.28. The molecule has 0 radical (unpaired) electrons. The van der Waals surface area contributed by atoms with E-state index in [0.29, 0.717) is 21.3 Å². The van der Waals surface area contributed by atoms with Crippen LogP contribution in [0.15, 0.2) is 48.5 Å². The van der Waals surface area contributed by atoms with E-state index in [1.807, 2.05) is 0 Å². The fraction of sp³-hybridized carbons (Fsp3) is 0.200. The lowest BCUT2D eigenvalue weighted by Gasteiger charge is -2.22. The highest BCUT2D eigenvalue weighted by Crippen LogP contribution is 2.33. The lowest BCUT2D eigenvalue weighted by molar-refractivity contribution is -0.137. The van der Waals surface area contributed by atoms with Crippen LogP contribution in [0.25, 0.3) is 0 Å². The number of alkyl halides is 3. The molecule has 0 saturated carbocycles. The van der Waals surface area contributed by atoms with Crippen LogP contribution in [0.2, 0.25) is 10.0 Å². The van der Waals surface area contributed by atoms with Crippen LogP contribution in [0.4, 0.5) is 18.9 Å². The van der Waals surface area contributed by atoms with E-state index in [1.54, 1.807) is 42.5 Å². The van der Waals surface area contributed by atoms with Crippen LogP contribution in [0.5, 0.6) is 0 Å². The molecule has 0 saturated heterocycles. The van der Waals surface area contributed by atoms with Gasteiger partial charge in [0.1, 0.15) is 0 Å². The van der Waals surface area contributed by atoms with Gasteiger partial charge in [-0.1, -0.05) is 53.5 Å². The Kier molecular flexibility index (Phi) is 5.01. The minimum Gasteiger partial charge on any atom is -0.378 e. The minimum absolute atomic E-state index is 0.365. The topological polar surface area (TPSA) is 12.0 Å². The molecule has 0 aliphatic carbocycles. The highest BCUT2D eigenvalue weighted by Gasteiger charge is 2.32. The van der Waals surface area contributed by atoms with Crippen molar-refractivity contribution in [1.29, 1.82) is 0 Å². The molecule has 0 aliphatic heterocycles. The van der Waals surface area contributed by atoms with E-state index < -0.39 is 18.6 Å². The number of benzene rings is 2. The maximum atomic E-state index is 12.8. The summed E-state index contributed by atoms with van der Waals surface area (Å²) in [5.74, 6) is 0. The quantitative estimate of drug-likeness (QED) is 0.712. The van der Waals surface area contributed by atoms with Crippen molar-refractivity contribution < 1.29 is 13.2 Å². The zero-order valence-corrected chi connectivity index (χ0v) is 12.3. The molecule has 2 aromatic carbocycles. The van der Waals surface area contributed by atoms with Crippen LogP contribution in [0, 0.1) is 0 Å². The second-order valence-electron chi connectivity index (χ2n) is 4.59. The molecule has 0 aromatic heterocycles. The molecule has 0 spiro atoms. The number of anilines is 1. The molecule has 2 aromatic rings. The number of hydrogen-bond acceptors (Lipinski definition) is 1. The summed E-state index contributed by atoms with van der Waals surface area (Å²) in [5, 5.41) is 3.57. The summed E-state index contributed by atoms with van der Waals surface area (Å²) in [6.45, 7) is 0. The van der Waals surface area contributed by atoms with Crippen molar-refractivity contribution in [2.75, 3.05) is 5.32 Å². The van der Waals surface area contributed by atoms with Crippen molar-refractivity contribution in [3.05, 3.63) is 64.1 Å². The summed E-state index contributed by atoms with van der Waals surface area (Å²) in [5.41, 5.74) is 0.997. The highest BCUT2D eigenvalue weighted by molar-refractivity contribution is 6.35. The Morgan fingerprint density at radius 1 is 0.952 bits per heavy atom. The summed E-state index contributed by atoms with van der Waals surface area (Å²) in [7, 11) is 0. The van der Waals surface area contributed by atoms with Crippen molar-refractivity contribution in [3.8, 4) is 0 Å². The first-order valence-electron chi connectivity index (χ1n) is 6.18. The van der Waals surface area contributed by atoms with Crippen molar-refractivity contribution in [2.45, 2.75) is 18.6 Å². The van der Waals surface area contributed by atoms with Gasteiger partial charge in [0, 0.05) is 15.7 Å². The highest BCUT2D eigenvalue weighted by atomic mass is 35.5. The van der Waals surface area contributed by atoms with Gasteiger partial charge in [0.05, 0.1) is 12.5 Å². The zero-order chi connectivity index (χ0) is 15.5. The number of hydrogen-bond donors (Lipinski definition) is 1. The van der Waals surface area contributed by atoms with E-state index >= 15 is 0 Å². The van der Waals surface area contributed by atoms with Gasteiger partial charge in [-0.05, 0) is 23.8 Å². The molecule has 21 heavy (non-hydrogen) atoms. The molecule has 0 aliphatic rings. The SMILES string of the molecule is FC(F)(F)CC(Nc1cc(Cl)cc(Cl)c1)c1ccccc1. The Labute approximate surface area is 130 Å². The summed E-state index contributed by atoms with van der Waals surface area (Å²) in [6.07, 6.45) is -5.27. The number of nitrogens with one attached hydrogen (secondary N) is 1. The van der Waals surface area contributed by atoms with Gasteiger partial charge in [-0.25, -0.2) is 0 Å². The Balaban J connectivity index is 2.27. The second kappa shape index (κ2) is 6.58. The van der Waals surface area contributed by atoms with E-state index in [0.717, 1.165) is 0 Å². The van der Waals surface area contributed by atoms with Gasteiger partial charge in [-0.3, -0.25) is 0 Å². The Morgan fingerprint density at radius 2 is 1.52 bits per heavy atom. The molecule has 0 bridgehead atoms.